The third-order valence-electron chi connectivity index (χ3n) is 4.67. The highest BCUT2D eigenvalue weighted by Gasteiger charge is 2.41. The summed E-state index contributed by atoms with van der Waals surface area (Å²) < 4.78 is 33.2. The summed E-state index contributed by atoms with van der Waals surface area (Å²) in [5.41, 5.74) is 1.63. The Morgan fingerprint density at radius 3 is 2.65 bits per heavy atom. The fourth-order valence-electron chi connectivity index (χ4n) is 3.18. The first-order chi connectivity index (χ1) is 10.8. The van der Waals surface area contributed by atoms with E-state index in [1.54, 1.807) is 24.9 Å². The Kier molecular flexibility index (Phi) is 4.20. The Hall–Kier alpha value is -1.44. The Bertz CT molecular complexity index is 732. The van der Waals surface area contributed by atoms with E-state index in [4.69, 9.17) is 4.74 Å². The van der Waals surface area contributed by atoms with E-state index in [1.165, 1.54) is 4.31 Å². The molecule has 1 amide bonds. The Morgan fingerprint density at radius 2 is 1.91 bits per heavy atom. The first-order valence-corrected chi connectivity index (χ1v) is 9.16. The van der Waals surface area contributed by atoms with Crippen molar-refractivity contribution in [2.75, 3.05) is 33.4 Å². The number of carbonyl (C=O) groups excluding carboxylic acids is 1. The number of hydrogen-bond acceptors (Lipinski definition) is 4. The molecule has 2 saturated heterocycles. The van der Waals surface area contributed by atoms with E-state index in [2.05, 4.69) is 0 Å². The molecule has 0 aliphatic carbocycles. The quantitative estimate of drug-likeness (QED) is 0.799. The fourth-order valence-corrected chi connectivity index (χ4v) is 5.01. The van der Waals surface area contributed by atoms with Gasteiger partial charge in [0.25, 0.3) is 0 Å². The van der Waals surface area contributed by atoms with E-state index in [1.807, 2.05) is 19.1 Å². The van der Waals surface area contributed by atoms with E-state index in [0.717, 1.165) is 11.1 Å². The minimum absolute atomic E-state index is 0.0360. The summed E-state index contributed by atoms with van der Waals surface area (Å²) in [6, 6.07) is 5.18. The van der Waals surface area contributed by atoms with Gasteiger partial charge in [-0.1, -0.05) is 12.1 Å². The topological polar surface area (TPSA) is 66.9 Å². The van der Waals surface area contributed by atoms with Crippen molar-refractivity contribution in [2.24, 2.45) is 5.92 Å². The molecule has 23 heavy (non-hydrogen) atoms. The van der Waals surface area contributed by atoms with Crippen molar-refractivity contribution in [3.63, 3.8) is 0 Å². The largest absolute Gasteiger partial charge is 0.378 e. The zero-order chi connectivity index (χ0) is 16.8. The molecule has 126 valence electrons. The molecule has 6 nitrogen and oxygen atoms in total. The van der Waals surface area contributed by atoms with Gasteiger partial charge in [0.15, 0.2) is 0 Å². The summed E-state index contributed by atoms with van der Waals surface area (Å²) in [5, 5.41) is 0. The summed E-state index contributed by atoms with van der Waals surface area (Å²) in [7, 11) is -1.90. The van der Waals surface area contributed by atoms with Gasteiger partial charge in [-0.05, 0) is 31.0 Å². The van der Waals surface area contributed by atoms with Gasteiger partial charge < -0.3 is 9.64 Å². The molecule has 2 fully saturated rings. The van der Waals surface area contributed by atoms with Crippen LogP contribution in [0.5, 0.6) is 0 Å². The molecule has 2 aliphatic rings. The van der Waals surface area contributed by atoms with Crippen LogP contribution in [-0.4, -0.2) is 62.9 Å². The van der Waals surface area contributed by atoms with Crippen LogP contribution in [0, 0.1) is 19.8 Å². The molecule has 7 heteroatoms. The third-order valence-corrected chi connectivity index (χ3v) is 6.65. The monoisotopic (exact) mass is 338 g/mol. The second-order valence-corrected chi connectivity index (χ2v) is 8.33. The maximum atomic E-state index is 13.1. The number of nitrogens with zero attached hydrogens (tertiary/aromatic N) is 2. The van der Waals surface area contributed by atoms with Gasteiger partial charge in [0.1, 0.15) is 0 Å². The Balaban J connectivity index is 2.00. The van der Waals surface area contributed by atoms with Gasteiger partial charge in [-0.3, -0.25) is 4.79 Å². The van der Waals surface area contributed by atoms with Gasteiger partial charge in [0, 0.05) is 20.1 Å². The average Bonchev–Trinajstić information content (AvgIpc) is 2.67. The average molecular weight is 338 g/mol. The molecule has 1 aromatic rings. The van der Waals surface area contributed by atoms with Gasteiger partial charge >= 0.3 is 0 Å². The van der Waals surface area contributed by atoms with Crippen molar-refractivity contribution in [1.29, 1.82) is 0 Å². The molecule has 0 N–H and O–H groups in total. The number of likely N-dealkylation sites (N-methyl/N-ethyl adjacent to an activating group) is 1. The van der Waals surface area contributed by atoms with Crippen LogP contribution in [0.25, 0.3) is 0 Å². The lowest BCUT2D eigenvalue weighted by atomic mass is 10.1. The maximum Gasteiger partial charge on any atom is 0.243 e. The molecule has 2 bridgehead atoms. The fraction of sp³-hybridized carbons (Fsp3) is 0.562. The highest BCUT2D eigenvalue weighted by Crippen LogP contribution is 2.27. The number of amides is 1. The number of aryl methyl sites for hydroxylation is 2. The van der Waals surface area contributed by atoms with Crippen molar-refractivity contribution in [3.8, 4) is 0 Å². The third kappa shape index (κ3) is 2.88. The summed E-state index contributed by atoms with van der Waals surface area (Å²) in [6.45, 7) is 4.77. The van der Waals surface area contributed by atoms with Crippen LogP contribution in [0.2, 0.25) is 0 Å². The van der Waals surface area contributed by atoms with Crippen molar-refractivity contribution < 1.29 is 17.9 Å². The molecule has 0 saturated carbocycles. The van der Waals surface area contributed by atoms with Crippen molar-refractivity contribution >= 4 is 15.9 Å². The number of hydrogen-bond donors (Lipinski definition) is 0. The lowest BCUT2D eigenvalue weighted by molar-refractivity contribution is -0.133. The molecule has 0 radical (unpaired) electrons. The zero-order valence-electron chi connectivity index (χ0n) is 13.7. The van der Waals surface area contributed by atoms with Gasteiger partial charge in [-0.15, -0.1) is 0 Å². The van der Waals surface area contributed by atoms with Gasteiger partial charge in [-0.2, -0.15) is 4.31 Å². The molecular weight excluding hydrogens is 316 g/mol. The normalized spacial score (nSPS) is 26.2. The number of ether oxygens (including phenoxy) is 1. The standard InChI is InChI=1S/C16H22N2O4S/c1-11-4-5-12(2)15(6-11)23(20,21)18-7-13-9-22-10-14(8-18)17(3)16(13)19/h4-6,13-14H,7-10H2,1-3H3/t13-,14+/m1/s1. The second kappa shape index (κ2) is 5.89. The number of rotatable bonds is 2. The van der Waals surface area contributed by atoms with E-state index in [9.17, 15) is 13.2 Å². The molecular formula is C16H22N2O4S. The Labute approximate surface area is 137 Å². The van der Waals surface area contributed by atoms with Gasteiger partial charge in [-0.25, -0.2) is 8.42 Å². The van der Waals surface area contributed by atoms with Crippen LogP contribution in [0.1, 0.15) is 11.1 Å². The highest BCUT2D eigenvalue weighted by atomic mass is 32.2. The first-order valence-electron chi connectivity index (χ1n) is 7.72. The zero-order valence-corrected chi connectivity index (χ0v) is 14.5. The molecule has 2 atom stereocenters. The highest BCUT2D eigenvalue weighted by molar-refractivity contribution is 7.89. The van der Waals surface area contributed by atoms with Crippen LogP contribution in [-0.2, 0) is 19.6 Å². The molecule has 0 spiro atoms. The molecule has 0 aromatic heterocycles. The molecule has 2 aliphatic heterocycles. The Morgan fingerprint density at radius 1 is 1.17 bits per heavy atom. The lowest BCUT2D eigenvalue weighted by Crippen LogP contribution is -2.45. The SMILES string of the molecule is Cc1ccc(C)c(S(=O)(=O)N2C[C@@H]3COC[C@H](C2)N(C)C3=O)c1. The van der Waals surface area contributed by atoms with Crippen LogP contribution in [0.4, 0.5) is 0 Å². The number of benzene rings is 1. The predicted octanol–water partition coefficient (Wildman–Crippen LogP) is 0.781. The van der Waals surface area contributed by atoms with E-state index in [-0.39, 0.29) is 31.6 Å². The number of sulfonamides is 1. The summed E-state index contributed by atoms with van der Waals surface area (Å²) >= 11 is 0. The van der Waals surface area contributed by atoms with Crippen LogP contribution < -0.4 is 0 Å². The van der Waals surface area contributed by atoms with E-state index >= 15 is 0 Å². The molecule has 1 aromatic carbocycles. The number of carbonyl (C=O) groups is 1. The molecule has 0 unspecified atom stereocenters. The lowest BCUT2D eigenvalue weighted by Gasteiger charge is -2.29. The van der Waals surface area contributed by atoms with Crippen molar-refractivity contribution in [3.05, 3.63) is 29.3 Å². The molecule has 2 heterocycles. The van der Waals surface area contributed by atoms with Gasteiger partial charge in [0.2, 0.25) is 15.9 Å². The number of fused-ring (bicyclic) bond motifs is 3. The minimum Gasteiger partial charge on any atom is -0.378 e. The van der Waals surface area contributed by atoms with Crippen molar-refractivity contribution in [1.82, 2.24) is 9.21 Å². The van der Waals surface area contributed by atoms with Crippen LogP contribution in [0.3, 0.4) is 0 Å². The smallest absolute Gasteiger partial charge is 0.243 e. The van der Waals surface area contributed by atoms with Gasteiger partial charge in [0.05, 0.1) is 30.1 Å². The van der Waals surface area contributed by atoms with Crippen LogP contribution in [0.15, 0.2) is 23.1 Å². The summed E-state index contributed by atoms with van der Waals surface area (Å²) in [4.78, 5) is 14.3. The van der Waals surface area contributed by atoms with E-state index in [0.29, 0.717) is 11.5 Å². The first kappa shape index (κ1) is 16.4. The van der Waals surface area contributed by atoms with Crippen LogP contribution >= 0.6 is 0 Å². The molecule has 3 rings (SSSR count). The second-order valence-electron chi connectivity index (χ2n) is 6.43. The minimum atomic E-state index is -3.63. The summed E-state index contributed by atoms with van der Waals surface area (Å²) in [6.07, 6.45) is 0. The van der Waals surface area contributed by atoms with E-state index < -0.39 is 15.9 Å². The summed E-state index contributed by atoms with van der Waals surface area (Å²) in [5.74, 6) is -0.474. The predicted molar refractivity (Wildman–Crippen MR) is 85.5 cm³/mol. The maximum absolute atomic E-state index is 13.1. The van der Waals surface area contributed by atoms with Crippen molar-refractivity contribution in [2.45, 2.75) is 24.8 Å².